The summed E-state index contributed by atoms with van der Waals surface area (Å²) in [5.74, 6) is 0.134. The molecule has 0 aromatic carbocycles. The predicted molar refractivity (Wildman–Crippen MR) is 82.3 cm³/mol. The fourth-order valence-electron chi connectivity index (χ4n) is 2.28. The molecule has 2 heterocycles. The summed E-state index contributed by atoms with van der Waals surface area (Å²) >= 11 is 0. The molecule has 0 saturated carbocycles. The number of ether oxygens (including phenoxy) is 1. The van der Waals surface area contributed by atoms with Gasteiger partial charge in [-0.05, 0) is 25.5 Å². The molecule has 0 spiro atoms. The standard InChI is InChI=1S/C14H21N3O4S/c1-4-22(19,20)17-9-7-11(10-17)21-13-12(6-5-8-15-13)14(18)16(2)3/h5-6,8,11H,4,7,9-10H2,1-3H3. The van der Waals surface area contributed by atoms with E-state index in [0.717, 1.165) is 0 Å². The molecule has 1 aliphatic heterocycles. The third-order valence-corrected chi connectivity index (χ3v) is 5.40. The lowest BCUT2D eigenvalue weighted by Crippen LogP contribution is -2.32. The lowest BCUT2D eigenvalue weighted by atomic mass is 10.2. The molecule has 0 aliphatic carbocycles. The monoisotopic (exact) mass is 327 g/mol. The maximum atomic E-state index is 12.1. The Morgan fingerprint density at radius 2 is 2.23 bits per heavy atom. The molecule has 122 valence electrons. The summed E-state index contributed by atoms with van der Waals surface area (Å²) in [7, 11) is 0.109. The zero-order valence-electron chi connectivity index (χ0n) is 13.0. The summed E-state index contributed by atoms with van der Waals surface area (Å²) in [6.45, 7) is 2.35. The lowest BCUT2D eigenvalue weighted by molar-refractivity contribution is 0.0818. The predicted octanol–water partition coefficient (Wildman–Crippen LogP) is 0.586. The van der Waals surface area contributed by atoms with Gasteiger partial charge in [0.1, 0.15) is 11.7 Å². The van der Waals surface area contributed by atoms with Crippen molar-refractivity contribution >= 4 is 15.9 Å². The van der Waals surface area contributed by atoms with Crippen LogP contribution >= 0.6 is 0 Å². The van der Waals surface area contributed by atoms with Gasteiger partial charge in [-0.15, -0.1) is 0 Å². The third kappa shape index (κ3) is 3.56. The molecule has 1 aliphatic rings. The van der Waals surface area contributed by atoms with Crippen LogP contribution in [-0.2, 0) is 10.0 Å². The Morgan fingerprint density at radius 1 is 1.50 bits per heavy atom. The average molecular weight is 327 g/mol. The first kappa shape index (κ1) is 16.7. The van der Waals surface area contributed by atoms with Crippen LogP contribution in [0.5, 0.6) is 5.88 Å². The maximum Gasteiger partial charge on any atom is 0.258 e. The number of sulfonamides is 1. The van der Waals surface area contributed by atoms with Crippen molar-refractivity contribution in [2.24, 2.45) is 0 Å². The van der Waals surface area contributed by atoms with E-state index in [0.29, 0.717) is 25.1 Å². The normalized spacial score (nSPS) is 19.1. The SMILES string of the molecule is CCS(=O)(=O)N1CCC(Oc2ncccc2C(=O)N(C)C)C1. The van der Waals surface area contributed by atoms with E-state index in [9.17, 15) is 13.2 Å². The summed E-state index contributed by atoms with van der Waals surface area (Å²) in [6, 6.07) is 3.33. The number of rotatable bonds is 5. The molecule has 1 atom stereocenters. The zero-order valence-corrected chi connectivity index (χ0v) is 13.8. The molecule has 1 aromatic heterocycles. The number of pyridine rings is 1. The van der Waals surface area contributed by atoms with Crippen LogP contribution in [0, 0.1) is 0 Å². The van der Waals surface area contributed by atoms with Crippen LogP contribution in [0.2, 0.25) is 0 Å². The van der Waals surface area contributed by atoms with Crippen LogP contribution in [0.25, 0.3) is 0 Å². The molecule has 7 nitrogen and oxygen atoms in total. The molecule has 1 fully saturated rings. The Kier molecular flexibility index (Phi) is 5.02. The van der Waals surface area contributed by atoms with E-state index >= 15 is 0 Å². The minimum atomic E-state index is -3.21. The highest BCUT2D eigenvalue weighted by Crippen LogP contribution is 2.22. The smallest absolute Gasteiger partial charge is 0.258 e. The van der Waals surface area contributed by atoms with Crippen LogP contribution in [-0.4, -0.2) is 67.6 Å². The molecule has 1 unspecified atom stereocenters. The Bertz CT molecular complexity index is 645. The topological polar surface area (TPSA) is 79.8 Å². The van der Waals surface area contributed by atoms with Crippen molar-refractivity contribution in [2.75, 3.05) is 32.9 Å². The molecule has 1 aromatic rings. The average Bonchev–Trinajstić information content (AvgIpc) is 2.96. The number of hydrogen-bond donors (Lipinski definition) is 0. The molecule has 0 radical (unpaired) electrons. The van der Waals surface area contributed by atoms with Gasteiger partial charge in [0.05, 0.1) is 12.3 Å². The van der Waals surface area contributed by atoms with Crippen molar-refractivity contribution in [2.45, 2.75) is 19.4 Å². The highest BCUT2D eigenvalue weighted by Gasteiger charge is 2.32. The lowest BCUT2D eigenvalue weighted by Gasteiger charge is -2.18. The Hall–Kier alpha value is -1.67. The number of carbonyl (C=O) groups excluding carboxylic acids is 1. The fraction of sp³-hybridized carbons (Fsp3) is 0.571. The maximum absolute atomic E-state index is 12.1. The van der Waals surface area contributed by atoms with Gasteiger partial charge in [-0.1, -0.05) is 0 Å². The Labute approximate surface area is 130 Å². The summed E-state index contributed by atoms with van der Waals surface area (Å²) in [4.78, 5) is 17.7. The van der Waals surface area contributed by atoms with E-state index < -0.39 is 10.0 Å². The van der Waals surface area contributed by atoms with Crippen LogP contribution in [0.4, 0.5) is 0 Å². The fourth-order valence-corrected chi connectivity index (χ4v) is 3.42. The van der Waals surface area contributed by atoms with Gasteiger partial charge in [0.2, 0.25) is 15.9 Å². The van der Waals surface area contributed by atoms with E-state index in [1.165, 1.54) is 9.21 Å². The van der Waals surface area contributed by atoms with Gasteiger partial charge in [0, 0.05) is 26.8 Å². The van der Waals surface area contributed by atoms with Crippen LogP contribution in [0.15, 0.2) is 18.3 Å². The second kappa shape index (κ2) is 6.62. The van der Waals surface area contributed by atoms with Gasteiger partial charge in [-0.25, -0.2) is 13.4 Å². The van der Waals surface area contributed by atoms with Crippen molar-refractivity contribution in [3.8, 4) is 5.88 Å². The number of amides is 1. The first-order valence-electron chi connectivity index (χ1n) is 7.16. The minimum Gasteiger partial charge on any atom is -0.472 e. The first-order chi connectivity index (χ1) is 10.3. The van der Waals surface area contributed by atoms with E-state index in [-0.39, 0.29) is 23.6 Å². The van der Waals surface area contributed by atoms with Gasteiger partial charge in [0.25, 0.3) is 5.91 Å². The second-order valence-electron chi connectivity index (χ2n) is 5.34. The molecule has 0 N–H and O–H groups in total. The largest absolute Gasteiger partial charge is 0.472 e. The second-order valence-corrected chi connectivity index (χ2v) is 7.60. The van der Waals surface area contributed by atoms with Gasteiger partial charge in [-0.3, -0.25) is 4.79 Å². The van der Waals surface area contributed by atoms with Crippen molar-refractivity contribution in [1.29, 1.82) is 0 Å². The van der Waals surface area contributed by atoms with E-state index in [1.807, 2.05) is 0 Å². The molecular weight excluding hydrogens is 306 g/mol. The number of hydrogen-bond acceptors (Lipinski definition) is 5. The zero-order chi connectivity index (χ0) is 16.3. The van der Waals surface area contributed by atoms with Gasteiger partial charge in [-0.2, -0.15) is 4.31 Å². The Morgan fingerprint density at radius 3 is 2.86 bits per heavy atom. The molecular formula is C14H21N3O4S. The van der Waals surface area contributed by atoms with Gasteiger partial charge in [0.15, 0.2) is 0 Å². The van der Waals surface area contributed by atoms with E-state index in [2.05, 4.69) is 4.98 Å². The summed E-state index contributed by atoms with van der Waals surface area (Å²) < 4.78 is 30.9. The number of aromatic nitrogens is 1. The molecule has 22 heavy (non-hydrogen) atoms. The Balaban J connectivity index is 2.12. The molecule has 1 amide bonds. The number of carbonyl (C=O) groups is 1. The van der Waals surface area contributed by atoms with Crippen LogP contribution < -0.4 is 4.74 Å². The highest BCUT2D eigenvalue weighted by atomic mass is 32.2. The molecule has 0 bridgehead atoms. The molecule has 8 heteroatoms. The summed E-state index contributed by atoms with van der Waals surface area (Å²) in [5.41, 5.74) is 0.379. The van der Waals surface area contributed by atoms with Crippen molar-refractivity contribution < 1.29 is 17.9 Å². The van der Waals surface area contributed by atoms with Crippen molar-refractivity contribution in [1.82, 2.24) is 14.2 Å². The third-order valence-electron chi connectivity index (χ3n) is 3.55. The van der Waals surface area contributed by atoms with Crippen molar-refractivity contribution in [3.05, 3.63) is 23.9 Å². The van der Waals surface area contributed by atoms with Crippen LogP contribution in [0.1, 0.15) is 23.7 Å². The highest BCUT2D eigenvalue weighted by molar-refractivity contribution is 7.89. The van der Waals surface area contributed by atoms with Crippen LogP contribution in [0.3, 0.4) is 0 Å². The van der Waals surface area contributed by atoms with Crippen molar-refractivity contribution in [3.63, 3.8) is 0 Å². The van der Waals surface area contributed by atoms with Gasteiger partial charge >= 0.3 is 0 Å². The molecule has 1 saturated heterocycles. The minimum absolute atomic E-state index is 0.0771. The van der Waals surface area contributed by atoms with E-state index in [1.54, 1.807) is 39.3 Å². The first-order valence-corrected chi connectivity index (χ1v) is 8.77. The van der Waals surface area contributed by atoms with Gasteiger partial charge < -0.3 is 9.64 Å². The molecule has 2 rings (SSSR count). The quantitative estimate of drug-likeness (QED) is 0.790. The number of nitrogens with zero attached hydrogens (tertiary/aromatic N) is 3. The summed E-state index contributed by atoms with van der Waals surface area (Å²) in [6.07, 6.45) is 1.85. The van der Waals surface area contributed by atoms with E-state index in [4.69, 9.17) is 4.74 Å². The summed E-state index contributed by atoms with van der Waals surface area (Å²) in [5, 5.41) is 0.